The lowest BCUT2D eigenvalue weighted by Gasteiger charge is -2.55. The second-order valence-corrected chi connectivity index (χ2v) is 6.66. The summed E-state index contributed by atoms with van der Waals surface area (Å²) in [7, 11) is 0. The molecule has 3 heteroatoms. The van der Waals surface area contributed by atoms with Crippen molar-refractivity contribution in [3.05, 3.63) is 18.6 Å². The lowest BCUT2D eigenvalue weighted by atomic mass is 9.49. The summed E-state index contributed by atoms with van der Waals surface area (Å²) in [5.41, 5.74) is 0.738. The van der Waals surface area contributed by atoms with E-state index in [2.05, 4.69) is 5.32 Å². The standard InChI is InChI=1S/C15H19NO2/c17-14(16-13-1-2-18-9-13)15-6-10-3-11(7-15)5-12(4-10)8-15/h1-2,9-12H,3-8H2,(H,16,17). The van der Waals surface area contributed by atoms with Gasteiger partial charge in [0.25, 0.3) is 0 Å². The Hall–Kier alpha value is -1.25. The van der Waals surface area contributed by atoms with Crippen LogP contribution in [0.5, 0.6) is 0 Å². The predicted octanol–water partition coefficient (Wildman–Crippen LogP) is 3.43. The molecule has 0 aromatic carbocycles. The average molecular weight is 245 g/mol. The highest BCUT2D eigenvalue weighted by molar-refractivity contribution is 5.95. The van der Waals surface area contributed by atoms with Gasteiger partial charge in [-0.1, -0.05) is 0 Å². The molecule has 96 valence electrons. The Bertz CT molecular complexity index is 428. The molecule has 0 aliphatic heterocycles. The van der Waals surface area contributed by atoms with Crippen molar-refractivity contribution in [1.29, 1.82) is 0 Å². The van der Waals surface area contributed by atoms with Gasteiger partial charge in [0.2, 0.25) is 5.91 Å². The molecule has 1 heterocycles. The summed E-state index contributed by atoms with van der Waals surface area (Å²) in [6.45, 7) is 0. The van der Waals surface area contributed by atoms with E-state index in [1.54, 1.807) is 12.5 Å². The molecule has 18 heavy (non-hydrogen) atoms. The zero-order chi connectivity index (χ0) is 12.2. The topological polar surface area (TPSA) is 42.2 Å². The number of anilines is 1. The van der Waals surface area contributed by atoms with Crippen molar-refractivity contribution < 1.29 is 9.21 Å². The first-order valence-corrected chi connectivity index (χ1v) is 7.07. The molecule has 4 bridgehead atoms. The first-order valence-electron chi connectivity index (χ1n) is 7.07. The summed E-state index contributed by atoms with van der Waals surface area (Å²) in [4.78, 5) is 12.6. The molecule has 0 spiro atoms. The molecule has 0 radical (unpaired) electrons. The Kier molecular flexibility index (Phi) is 2.14. The molecular weight excluding hydrogens is 226 g/mol. The zero-order valence-electron chi connectivity index (χ0n) is 10.5. The third-order valence-electron chi connectivity index (χ3n) is 5.30. The molecule has 5 rings (SSSR count). The maximum absolute atomic E-state index is 12.6. The number of amides is 1. The number of hydrogen-bond donors (Lipinski definition) is 1. The molecular formula is C15H19NO2. The van der Waals surface area contributed by atoms with Crippen LogP contribution >= 0.6 is 0 Å². The average Bonchev–Trinajstić information content (AvgIpc) is 2.79. The van der Waals surface area contributed by atoms with E-state index in [9.17, 15) is 4.79 Å². The van der Waals surface area contributed by atoms with Gasteiger partial charge >= 0.3 is 0 Å². The Labute approximate surface area is 107 Å². The Balaban J connectivity index is 1.58. The Morgan fingerprint density at radius 2 is 1.78 bits per heavy atom. The van der Waals surface area contributed by atoms with Gasteiger partial charge in [0, 0.05) is 0 Å². The van der Waals surface area contributed by atoms with Crippen LogP contribution in [0.2, 0.25) is 0 Å². The third kappa shape index (κ3) is 1.53. The lowest BCUT2D eigenvalue weighted by Crippen LogP contribution is -2.51. The Morgan fingerprint density at radius 1 is 1.17 bits per heavy atom. The maximum atomic E-state index is 12.6. The number of nitrogens with one attached hydrogen (secondary N) is 1. The molecule has 4 aliphatic carbocycles. The van der Waals surface area contributed by atoms with Crippen LogP contribution in [0.3, 0.4) is 0 Å². The van der Waals surface area contributed by atoms with Gasteiger partial charge in [-0.25, -0.2) is 0 Å². The van der Waals surface area contributed by atoms with E-state index in [-0.39, 0.29) is 11.3 Å². The smallest absolute Gasteiger partial charge is 0.230 e. The van der Waals surface area contributed by atoms with Crippen LogP contribution in [0.1, 0.15) is 38.5 Å². The molecule has 0 unspecified atom stereocenters. The molecule has 3 nitrogen and oxygen atoms in total. The molecule has 0 atom stereocenters. The van der Waals surface area contributed by atoms with Crippen LogP contribution in [0, 0.1) is 23.2 Å². The van der Waals surface area contributed by atoms with Gasteiger partial charge in [-0.05, 0) is 62.3 Å². The van der Waals surface area contributed by atoms with Crippen LogP contribution in [0.4, 0.5) is 5.69 Å². The van der Waals surface area contributed by atoms with Gasteiger partial charge in [0.05, 0.1) is 17.4 Å². The second kappa shape index (κ2) is 3.62. The summed E-state index contributed by atoms with van der Waals surface area (Å²) < 4.78 is 5.02. The minimum absolute atomic E-state index is 0.0635. The van der Waals surface area contributed by atoms with Crippen LogP contribution in [-0.4, -0.2) is 5.91 Å². The fraction of sp³-hybridized carbons (Fsp3) is 0.667. The highest BCUT2D eigenvalue weighted by atomic mass is 16.3. The van der Waals surface area contributed by atoms with Crippen molar-refractivity contribution in [1.82, 2.24) is 0 Å². The highest BCUT2D eigenvalue weighted by Crippen LogP contribution is 2.60. The van der Waals surface area contributed by atoms with E-state index in [1.165, 1.54) is 19.3 Å². The second-order valence-electron chi connectivity index (χ2n) is 6.66. The van der Waals surface area contributed by atoms with Crippen molar-refractivity contribution >= 4 is 11.6 Å². The molecule has 1 N–H and O–H groups in total. The van der Waals surface area contributed by atoms with Crippen molar-refractivity contribution in [2.45, 2.75) is 38.5 Å². The van der Waals surface area contributed by atoms with E-state index in [4.69, 9.17) is 4.42 Å². The van der Waals surface area contributed by atoms with Crippen LogP contribution < -0.4 is 5.32 Å². The predicted molar refractivity (Wildman–Crippen MR) is 67.9 cm³/mol. The minimum Gasteiger partial charge on any atom is -0.470 e. The normalized spacial score (nSPS) is 41.0. The molecule has 1 aromatic heterocycles. The monoisotopic (exact) mass is 245 g/mol. The first-order chi connectivity index (χ1) is 8.73. The van der Waals surface area contributed by atoms with Crippen molar-refractivity contribution in [3.63, 3.8) is 0 Å². The zero-order valence-corrected chi connectivity index (χ0v) is 10.5. The summed E-state index contributed by atoms with van der Waals surface area (Å²) in [6.07, 6.45) is 10.7. The number of furan rings is 1. The SMILES string of the molecule is O=C(Nc1ccoc1)C12CC3CC(CC(C3)C1)C2. The molecule has 4 aliphatic rings. The van der Waals surface area contributed by atoms with Gasteiger partial charge in [0.1, 0.15) is 6.26 Å². The van der Waals surface area contributed by atoms with Crippen LogP contribution in [0.15, 0.2) is 23.0 Å². The molecule has 1 aromatic rings. The van der Waals surface area contributed by atoms with Gasteiger partial charge in [-0.15, -0.1) is 0 Å². The van der Waals surface area contributed by atoms with Crippen molar-refractivity contribution in [2.24, 2.45) is 23.2 Å². The number of carbonyl (C=O) groups excluding carboxylic acids is 1. The van der Waals surface area contributed by atoms with Gasteiger partial charge < -0.3 is 9.73 Å². The quantitative estimate of drug-likeness (QED) is 0.867. The molecule has 4 fully saturated rings. The first kappa shape index (κ1) is 10.7. The van der Waals surface area contributed by atoms with Crippen LogP contribution in [-0.2, 0) is 4.79 Å². The van der Waals surface area contributed by atoms with E-state index < -0.39 is 0 Å². The molecule has 4 saturated carbocycles. The van der Waals surface area contributed by atoms with E-state index in [0.29, 0.717) is 0 Å². The fourth-order valence-corrected chi connectivity index (χ4v) is 4.99. The van der Waals surface area contributed by atoms with Crippen molar-refractivity contribution in [2.75, 3.05) is 5.32 Å². The number of carbonyl (C=O) groups is 1. The minimum atomic E-state index is -0.0635. The number of hydrogen-bond acceptors (Lipinski definition) is 2. The fourth-order valence-electron chi connectivity index (χ4n) is 4.99. The third-order valence-corrected chi connectivity index (χ3v) is 5.30. The van der Waals surface area contributed by atoms with E-state index in [0.717, 1.165) is 42.7 Å². The highest BCUT2D eigenvalue weighted by Gasteiger charge is 2.54. The van der Waals surface area contributed by atoms with Crippen LogP contribution in [0.25, 0.3) is 0 Å². The number of rotatable bonds is 2. The van der Waals surface area contributed by atoms with Crippen molar-refractivity contribution in [3.8, 4) is 0 Å². The molecule has 0 saturated heterocycles. The lowest BCUT2D eigenvalue weighted by molar-refractivity contribution is -0.140. The van der Waals surface area contributed by atoms with Gasteiger partial charge in [0.15, 0.2) is 0 Å². The Morgan fingerprint density at radius 3 is 2.28 bits per heavy atom. The van der Waals surface area contributed by atoms with Gasteiger partial charge in [-0.2, -0.15) is 0 Å². The molecule has 1 amide bonds. The maximum Gasteiger partial charge on any atom is 0.230 e. The summed E-state index contributed by atoms with van der Waals surface area (Å²) in [6, 6.07) is 1.82. The summed E-state index contributed by atoms with van der Waals surface area (Å²) in [5, 5.41) is 3.05. The van der Waals surface area contributed by atoms with E-state index >= 15 is 0 Å². The summed E-state index contributed by atoms with van der Waals surface area (Å²) in [5.74, 6) is 2.67. The van der Waals surface area contributed by atoms with E-state index in [1.807, 2.05) is 6.07 Å². The van der Waals surface area contributed by atoms with Gasteiger partial charge in [-0.3, -0.25) is 4.79 Å². The summed E-state index contributed by atoms with van der Waals surface area (Å²) >= 11 is 0. The largest absolute Gasteiger partial charge is 0.470 e.